The lowest BCUT2D eigenvalue weighted by Gasteiger charge is -2.23. The number of amides is 1. The Morgan fingerprint density at radius 3 is 2.53 bits per heavy atom. The minimum Gasteiger partial charge on any atom is -0.349 e. The maximum absolute atomic E-state index is 12.2. The van der Waals surface area contributed by atoms with Crippen LogP contribution in [0.25, 0.3) is 0 Å². The number of benzene rings is 1. The van der Waals surface area contributed by atoms with Gasteiger partial charge in [0.25, 0.3) is 0 Å². The molecule has 2 rings (SSSR count). The van der Waals surface area contributed by atoms with Gasteiger partial charge in [0.1, 0.15) is 5.54 Å². The third kappa shape index (κ3) is 3.22. The molecule has 0 aliphatic heterocycles. The van der Waals surface area contributed by atoms with Crippen molar-refractivity contribution in [2.45, 2.75) is 25.9 Å². The molecular weight excluding hydrogens is 256 g/mol. The van der Waals surface area contributed by atoms with E-state index in [0.29, 0.717) is 6.54 Å². The zero-order chi connectivity index (χ0) is 13.9. The first-order valence-electron chi connectivity index (χ1n) is 6.18. The van der Waals surface area contributed by atoms with Crippen LogP contribution in [0.2, 0.25) is 0 Å². The summed E-state index contributed by atoms with van der Waals surface area (Å²) in [7, 11) is 0. The number of nitrogens with one attached hydrogen (secondary N) is 1. The average Bonchev–Trinajstić information content (AvgIpc) is 2.82. The van der Waals surface area contributed by atoms with Gasteiger partial charge >= 0.3 is 0 Å². The molecule has 0 spiro atoms. The number of thiophene rings is 1. The maximum atomic E-state index is 12.2. The Hall–Kier alpha value is -1.65. The summed E-state index contributed by atoms with van der Waals surface area (Å²) >= 11 is 1.68. The van der Waals surface area contributed by atoms with Gasteiger partial charge in [-0.3, -0.25) is 4.79 Å². The number of rotatable bonds is 4. The van der Waals surface area contributed by atoms with Crippen molar-refractivity contribution in [3.05, 3.63) is 57.8 Å². The molecule has 1 aromatic carbocycles. The van der Waals surface area contributed by atoms with Gasteiger partial charge in [-0.2, -0.15) is 0 Å². The van der Waals surface area contributed by atoms with Crippen LogP contribution in [0.15, 0.2) is 42.5 Å². The van der Waals surface area contributed by atoms with E-state index in [-0.39, 0.29) is 5.91 Å². The molecule has 1 unspecified atom stereocenters. The fourth-order valence-electron chi connectivity index (χ4n) is 1.85. The predicted molar refractivity (Wildman–Crippen MR) is 78.9 cm³/mol. The maximum Gasteiger partial charge on any atom is 0.244 e. The third-order valence-electron chi connectivity index (χ3n) is 3.06. The molecule has 0 radical (unpaired) electrons. The molecule has 3 N–H and O–H groups in total. The standard InChI is InChI=1S/C15H18N2OS/c1-11-8-9-13(19-11)10-17-14(18)15(2,16)12-6-4-3-5-7-12/h3-9H,10,16H2,1-2H3,(H,17,18). The summed E-state index contributed by atoms with van der Waals surface area (Å²) < 4.78 is 0. The minimum absolute atomic E-state index is 0.162. The summed E-state index contributed by atoms with van der Waals surface area (Å²) in [5, 5.41) is 2.90. The highest BCUT2D eigenvalue weighted by molar-refractivity contribution is 7.11. The summed E-state index contributed by atoms with van der Waals surface area (Å²) in [6.45, 7) is 4.31. The molecule has 0 fully saturated rings. The lowest BCUT2D eigenvalue weighted by atomic mass is 9.92. The Labute approximate surface area is 117 Å². The smallest absolute Gasteiger partial charge is 0.244 e. The van der Waals surface area contributed by atoms with E-state index in [0.717, 1.165) is 10.4 Å². The van der Waals surface area contributed by atoms with E-state index in [1.54, 1.807) is 18.3 Å². The van der Waals surface area contributed by atoms with Crippen molar-refractivity contribution in [1.29, 1.82) is 0 Å². The minimum atomic E-state index is -1.01. The molecule has 3 nitrogen and oxygen atoms in total. The molecule has 1 aromatic heterocycles. The van der Waals surface area contributed by atoms with Crippen LogP contribution in [0.3, 0.4) is 0 Å². The molecule has 0 saturated carbocycles. The molecule has 0 saturated heterocycles. The van der Waals surface area contributed by atoms with E-state index >= 15 is 0 Å². The van der Waals surface area contributed by atoms with Crippen LogP contribution in [-0.4, -0.2) is 5.91 Å². The van der Waals surface area contributed by atoms with E-state index in [1.807, 2.05) is 49.4 Å². The molecule has 0 bridgehead atoms. The van der Waals surface area contributed by atoms with E-state index in [1.165, 1.54) is 4.88 Å². The van der Waals surface area contributed by atoms with Crippen LogP contribution >= 0.6 is 11.3 Å². The summed E-state index contributed by atoms with van der Waals surface area (Å²) in [5.41, 5.74) is 5.95. The van der Waals surface area contributed by atoms with Gasteiger partial charge in [0, 0.05) is 9.75 Å². The first-order valence-corrected chi connectivity index (χ1v) is 7.00. The number of hydrogen-bond donors (Lipinski definition) is 2. The molecule has 2 aromatic rings. The molecular formula is C15H18N2OS. The molecule has 4 heteroatoms. The fraction of sp³-hybridized carbons (Fsp3) is 0.267. The second-order valence-electron chi connectivity index (χ2n) is 4.76. The summed E-state index contributed by atoms with van der Waals surface area (Å²) in [5.74, 6) is -0.162. The van der Waals surface area contributed by atoms with E-state index < -0.39 is 5.54 Å². The Kier molecular flexibility index (Phi) is 4.02. The van der Waals surface area contributed by atoms with Gasteiger partial charge in [0.2, 0.25) is 5.91 Å². The van der Waals surface area contributed by atoms with E-state index in [4.69, 9.17) is 5.73 Å². The quantitative estimate of drug-likeness (QED) is 0.900. The summed E-state index contributed by atoms with van der Waals surface area (Å²) in [4.78, 5) is 14.6. The largest absolute Gasteiger partial charge is 0.349 e. The topological polar surface area (TPSA) is 55.1 Å². The van der Waals surface area contributed by atoms with Crippen molar-refractivity contribution in [1.82, 2.24) is 5.32 Å². The second-order valence-corrected chi connectivity index (χ2v) is 6.14. The zero-order valence-corrected chi connectivity index (χ0v) is 12.0. The highest BCUT2D eigenvalue weighted by Gasteiger charge is 2.29. The molecule has 1 heterocycles. The number of carbonyl (C=O) groups is 1. The number of nitrogens with two attached hydrogens (primary N) is 1. The number of hydrogen-bond acceptors (Lipinski definition) is 3. The van der Waals surface area contributed by atoms with Gasteiger partial charge in [0.05, 0.1) is 6.54 Å². The van der Waals surface area contributed by atoms with Gasteiger partial charge in [-0.25, -0.2) is 0 Å². The molecule has 1 atom stereocenters. The van der Waals surface area contributed by atoms with Crippen molar-refractivity contribution in [3.8, 4) is 0 Å². The van der Waals surface area contributed by atoms with Crippen LogP contribution in [0, 0.1) is 6.92 Å². The normalized spacial score (nSPS) is 13.8. The Morgan fingerprint density at radius 2 is 1.95 bits per heavy atom. The Morgan fingerprint density at radius 1 is 1.26 bits per heavy atom. The Bertz CT molecular complexity index is 561. The summed E-state index contributed by atoms with van der Waals surface area (Å²) in [6.07, 6.45) is 0. The molecule has 1 amide bonds. The van der Waals surface area contributed by atoms with Crippen molar-refractivity contribution < 1.29 is 4.79 Å². The van der Waals surface area contributed by atoms with Gasteiger partial charge in [-0.15, -0.1) is 11.3 Å². The van der Waals surface area contributed by atoms with E-state index in [2.05, 4.69) is 5.32 Å². The van der Waals surface area contributed by atoms with Crippen LogP contribution < -0.4 is 11.1 Å². The molecule has 100 valence electrons. The number of carbonyl (C=O) groups excluding carboxylic acids is 1. The monoisotopic (exact) mass is 274 g/mol. The summed E-state index contributed by atoms with van der Waals surface area (Å²) in [6, 6.07) is 13.5. The van der Waals surface area contributed by atoms with Crippen molar-refractivity contribution in [2.75, 3.05) is 0 Å². The van der Waals surface area contributed by atoms with Crippen LogP contribution in [0.5, 0.6) is 0 Å². The second kappa shape index (κ2) is 5.55. The van der Waals surface area contributed by atoms with Crippen LogP contribution in [0.1, 0.15) is 22.2 Å². The highest BCUT2D eigenvalue weighted by atomic mass is 32.1. The SMILES string of the molecule is Cc1ccc(CNC(=O)C(C)(N)c2ccccc2)s1. The van der Waals surface area contributed by atoms with E-state index in [9.17, 15) is 4.79 Å². The average molecular weight is 274 g/mol. The lowest BCUT2D eigenvalue weighted by molar-refractivity contribution is -0.126. The van der Waals surface area contributed by atoms with Crippen molar-refractivity contribution in [2.24, 2.45) is 5.73 Å². The van der Waals surface area contributed by atoms with Crippen molar-refractivity contribution >= 4 is 17.2 Å². The van der Waals surface area contributed by atoms with Gasteiger partial charge in [-0.05, 0) is 31.5 Å². The van der Waals surface area contributed by atoms with Gasteiger partial charge in [-0.1, -0.05) is 30.3 Å². The molecule has 19 heavy (non-hydrogen) atoms. The van der Waals surface area contributed by atoms with Gasteiger partial charge in [0.15, 0.2) is 0 Å². The highest BCUT2D eigenvalue weighted by Crippen LogP contribution is 2.19. The molecule has 0 aliphatic rings. The first kappa shape index (κ1) is 13.8. The predicted octanol–water partition coefficient (Wildman–Crippen LogP) is 2.55. The van der Waals surface area contributed by atoms with Crippen LogP contribution in [-0.2, 0) is 16.9 Å². The third-order valence-corrected chi connectivity index (χ3v) is 4.07. The lowest BCUT2D eigenvalue weighted by Crippen LogP contribution is -2.48. The first-order chi connectivity index (χ1) is 9.00. The zero-order valence-electron chi connectivity index (χ0n) is 11.1. The van der Waals surface area contributed by atoms with Crippen LogP contribution in [0.4, 0.5) is 0 Å². The molecule has 0 aliphatic carbocycles. The number of aryl methyl sites for hydroxylation is 1. The van der Waals surface area contributed by atoms with Gasteiger partial charge < -0.3 is 11.1 Å². The van der Waals surface area contributed by atoms with Crippen molar-refractivity contribution in [3.63, 3.8) is 0 Å². The Balaban J connectivity index is 2.03. The fourth-order valence-corrected chi connectivity index (χ4v) is 2.68.